The van der Waals surface area contributed by atoms with Gasteiger partial charge in [-0.2, -0.15) is 0 Å². The summed E-state index contributed by atoms with van der Waals surface area (Å²) >= 11 is 1.22. The van der Waals surface area contributed by atoms with Gasteiger partial charge in [0.05, 0.1) is 15.5 Å². The lowest BCUT2D eigenvalue weighted by Crippen LogP contribution is -2.39. The molecule has 2 N–H and O–H groups in total. The number of thiophene rings is 1. The molecule has 0 atom stereocenters. The normalized spacial score (nSPS) is 11.2. The van der Waals surface area contributed by atoms with Crippen molar-refractivity contribution in [2.45, 2.75) is 26.4 Å². The molecule has 1 aromatic heterocycles. The molecule has 5 nitrogen and oxygen atoms in total. The van der Waals surface area contributed by atoms with Crippen LogP contribution < -0.4 is 5.32 Å². The van der Waals surface area contributed by atoms with Crippen LogP contribution in [-0.4, -0.2) is 41.0 Å². The molecule has 0 aliphatic carbocycles. The number of rotatable bonds is 4. The lowest BCUT2D eigenvalue weighted by Gasteiger charge is -2.25. The molecule has 0 saturated heterocycles. The maximum atomic E-state index is 12.0. The van der Waals surface area contributed by atoms with Crippen molar-refractivity contribution < 1.29 is 14.7 Å². The van der Waals surface area contributed by atoms with E-state index in [0.29, 0.717) is 9.88 Å². The Labute approximate surface area is 110 Å². The monoisotopic (exact) mass is 270 g/mol. The molecule has 0 bridgehead atoms. The molecule has 6 heteroatoms. The summed E-state index contributed by atoms with van der Waals surface area (Å²) in [5, 5.41) is 12.9. The van der Waals surface area contributed by atoms with Gasteiger partial charge in [-0.3, -0.25) is 9.59 Å². The van der Waals surface area contributed by atoms with Crippen LogP contribution >= 0.6 is 11.3 Å². The van der Waals surface area contributed by atoms with Crippen LogP contribution in [-0.2, 0) is 4.79 Å². The number of carbonyl (C=O) groups is 2. The van der Waals surface area contributed by atoms with Gasteiger partial charge in [0.2, 0.25) is 5.91 Å². The highest BCUT2D eigenvalue weighted by Crippen LogP contribution is 2.23. The Hall–Kier alpha value is -1.40. The van der Waals surface area contributed by atoms with Crippen molar-refractivity contribution in [1.29, 1.82) is 0 Å². The predicted octanol–water partition coefficient (Wildman–Crippen LogP) is 1.55. The van der Waals surface area contributed by atoms with Gasteiger partial charge in [0.25, 0.3) is 5.91 Å². The molecular weight excluding hydrogens is 252 g/mol. The molecule has 1 heterocycles. The topological polar surface area (TPSA) is 69.6 Å². The average molecular weight is 270 g/mol. The zero-order valence-electron chi connectivity index (χ0n) is 11.0. The maximum Gasteiger partial charge on any atom is 0.263 e. The van der Waals surface area contributed by atoms with Gasteiger partial charge >= 0.3 is 0 Å². The Morgan fingerprint density at radius 3 is 2.56 bits per heavy atom. The van der Waals surface area contributed by atoms with Gasteiger partial charge in [0.1, 0.15) is 0 Å². The van der Waals surface area contributed by atoms with Crippen molar-refractivity contribution in [3.63, 3.8) is 0 Å². The van der Waals surface area contributed by atoms with Crippen LogP contribution in [0.1, 0.15) is 30.4 Å². The minimum atomic E-state index is -0.928. The number of amides is 2. The summed E-state index contributed by atoms with van der Waals surface area (Å²) < 4.78 is 0. The lowest BCUT2D eigenvalue weighted by atomic mass is 10.1. The van der Waals surface area contributed by atoms with E-state index in [-0.39, 0.29) is 18.4 Å². The molecule has 100 valence electrons. The summed E-state index contributed by atoms with van der Waals surface area (Å²) in [7, 11) is 1.64. The van der Waals surface area contributed by atoms with Gasteiger partial charge in [-0.1, -0.05) is 0 Å². The number of aliphatic hydroxyl groups is 1. The van der Waals surface area contributed by atoms with Crippen molar-refractivity contribution in [1.82, 2.24) is 4.90 Å². The zero-order valence-corrected chi connectivity index (χ0v) is 11.8. The Balaban J connectivity index is 2.72. The smallest absolute Gasteiger partial charge is 0.263 e. The number of hydrogen-bond donors (Lipinski definition) is 2. The summed E-state index contributed by atoms with van der Waals surface area (Å²) in [5.74, 6) is -0.334. The van der Waals surface area contributed by atoms with E-state index >= 15 is 0 Å². The van der Waals surface area contributed by atoms with E-state index in [0.717, 1.165) is 0 Å². The number of hydrogen-bond acceptors (Lipinski definition) is 4. The molecule has 0 spiro atoms. The highest BCUT2D eigenvalue weighted by molar-refractivity contribution is 7.18. The molecule has 0 saturated carbocycles. The highest BCUT2D eigenvalue weighted by Gasteiger charge is 2.21. The van der Waals surface area contributed by atoms with Crippen molar-refractivity contribution in [3.05, 3.63) is 17.0 Å². The van der Waals surface area contributed by atoms with E-state index in [9.17, 15) is 14.7 Å². The van der Waals surface area contributed by atoms with Gasteiger partial charge in [0, 0.05) is 20.5 Å². The number of nitrogens with zero attached hydrogens (tertiary/aromatic N) is 1. The number of likely N-dealkylation sites (N-methyl/N-ethyl adjacent to an activating group) is 1. The van der Waals surface area contributed by atoms with Crippen molar-refractivity contribution >= 4 is 28.2 Å². The van der Waals surface area contributed by atoms with E-state index in [2.05, 4.69) is 5.32 Å². The molecule has 0 aliphatic heterocycles. The highest BCUT2D eigenvalue weighted by atomic mass is 32.1. The molecule has 1 aromatic rings. The first-order chi connectivity index (χ1) is 8.19. The molecule has 0 fully saturated rings. The molecule has 0 radical (unpaired) electrons. The van der Waals surface area contributed by atoms with Crippen LogP contribution in [0.25, 0.3) is 0 Å². The minimum Gasteiger partial charge on any atom is -0.389 e. The largest absolute Gasteiger partial charge is 0.389 e. The molecule has 18 heavy (non-hydrogen) atoms. The van der Waals surface area contributed by atoms with E-state index in [1.54, 1.807) is 33.0 Å². The van der Waals surface area contributed by atoms with Crippen LogP contribution in [0.5, 0.6) is 0 Å². The molecule has 2 amide bonds. The summed E-state index contributed by atoms with van der Waals surface area (Å²) in [6.07, 6.45) is 0. The standard InChI is InChI=1S/C12H18N2O3S/c1-8(15)13-10-6-5-9(18-10)11(16)14(4)7-12(2,3)17/h5-6,17H,7H2,1-4H3,(H,13,15). The fraction of sp³-hybridized carbons (Fsp3) is 0.500. The fourth-order valence-electron chi connectivity index (χ4n) is 1.53. The average Bonchev–Trinajstić information content (AvgIpc) is 2.61. The van der Waals surface area contributed by atoms with Crippen LogP contribution in [0.2, 0.25) is 0 Å². The SMILES string of the molecule is CC(=O)Nc1ccc(C(=O)N(C)CC(C)(C)O)s1. The second kappa shape index (κ2) is 5.49. The third kappa shape index (κ3) is 4.46. The maximum absolute atomic E-state index is 12.0. The van der Waals surface area contributed by atoms with Crippen LogP contribution in [0.4, 0.5) is 5.00 Å². The third-order valence-electron chi connectivity index (χ3n) is 2.09. The van der Waals surface area contributed by atoms with E-state index < -0.39 is 5.60 Å². The first kappa shape index (κ1) is 14.7. The fourth-order valence-corrected chi connectivity index (χ4v) is 2.48. The summed E-state index contributed by atoms with van der Waals surface area (Å²) in [5.41, 5.74) is -0.928. The Morgan fingerprint density at radius 2 is 2.06 bits per heavy atom. The van der Waals surface area contributed by atoms with Crippen LogP contribution in [0.15, 0.2) is 12.1 Å². The van der Waals surface area contributed by atoms with Crippen molar-refractivity contribution in [3.8, 4) is 0 Å². The third-order valence-corrected chi connectivity index (χ3v) is 3.08. The van der Waals surface area contributed by atoms with E-state index in [1.807, 2.05) is 0 Å². The second-order valence-electron chi connectivity index (χ2n) is 4.82. The Bertz CT molecular complexity index is 448. The van der Waals surface area contributed by atoms with Crippen LogP contribution in [0.3, 0.4) is 0 Å². The summed E-state index contributed by atoms with van der Waals surface area (Å²) in [4.78, 5) is 24.9. The summed E-state index contributed by atoms with van der Waals surface area (Å²) in [6.45, 7) is 4.96. The summed E-state index contributed by atoms with van der Waals surface area (Å²) in [6, 6.07) is 3.36. The van der Waals surface area contributed by atoms with Gasteiger partial charge in [-0.25, -0.2) is 0 Å². The van der Waals surface area contributed by atoms with Crippen molar-refractivity contribution in [2.24, 2.45) is 0 Å². The lowest BCUT2D eigenvalue weighted by molar-refractivity contribution is -0.114. The van der Waals surface area contributed by atoms with Gasteiger partial charge < -0.3 is 15.3 Å². The Kier molecular flexibility index (Phi) is 4.48. The molecule has 0 aliphatic rings. The van der Waals surface area contributed by atoms with Crippen molar-refractivity contribution in [2.75, 3.05) is 18.9 Å². The molecule has 0 aromatic carbocycles. The quantitative estimate of drug-likeness (QED) is 0.872. The van der Waals surface area contributed by atoms with Crippen LogP contribution in [0, 0.1) is 0 Å². The molecular formula is C12H18N2O3S. The van der Waals surface area contributed by atoms with Gasteiger partial charge in [-0.15, -0.1) is 11.3 Å². The first-order valence-electron chi connectivity index (χ1n) is 5.54. The predicted molar refractivity (Wildman–Crippen MR) is 71.9 cm³/mol. The number of carbonyl (C=O) groups excluding carboxylic acids is 2. The molecule has 0 unspecified atom stereocenters. The number of anilines is 1. The van der Waals surface area contributed by atoms with Gasteiger partial charge in [0.15, 0.2) is 0 Å². The minimum absolute atomic E-state index is 0.166. The Morgan fingerprint density at radius 1 is 1.44 bits per heavy atom. The first-order valence-corrected chi connectivity index (χ1v) is 6.36. The zero-order chi connectivity index (χ0) is 13.9. The number of nitrogens with one attached hydrogen (secondary N) is 1. The molecule has 1 rings (SSSR count). The van der Waals surface area contributed by atoms with E-state index in [4.69, 9.17) is 0 Å². The second-order valence-corrected chi connectivity index (χ2v) is 5.90. The van der Waals surface area contributed by atoms with Gasteiger partial charge in [-0.05, 0) is 26.0 Å². The van der Waals surface area contributed by atoms with E-state index in [1.165, 1.54) is 23.2 Å².